The molecule has 92 valence electrons. The third-order valence-corrected chi connectivity index (χ3v) is 2.31. The molecule has 0 aliphatic carbocycles. The Morgan fingerprint density at radius 3 is 2.83 bits per heavy atom. The van der Waals surface area contributed by atoms with Crippen molar-refractivity contribution in [1.82, 2.24) is 0 Å². The Kier molecular flexibility index (Phi) is 3.43. The Bertz CT molecular complexity index is 574. The summed E-state index contributed by atoms with van der Waals surface area (Å²) in [6.45, 7) is 1.95. The molecule has 5 nitrogen and oxygen atoms in total. The molecule has 0 spiro atoms. The van der Waals surface area contributed by atoms with Gasteiger partial charge in [-0.3, -0.25) is 10.6 Å². The Morgan fingerprint density at radius 2 is 2.17 bits per heavy atom. The molecule has 1 aromatic heterocycles. The largest absolute Gasteiger partial charge is 0.457 e. The van der Waals surface area contributed by atoms with Gasteiger partial charge >= 0.3 is 11.8 Å². The molecule has 0 fully saturated rings. The molecule has 3 N–H and O–H groups in total. The van der Waals surface area contributed by atoms with Crippen molar-refractivity contribution in [3.63, 3.8) is 0 Å². The van der Waals surface area contributed by atoms with Crippen LogP contribution in [0.15, 0.2) is 47.1 Å². The number of hydrogen-bond donors (Lipinski definition) is 2. The van der Waals surface area contributed by atoms with Gasteiger partial charge in [-0.25, -0.2) is 4.79 Å². The van der Waals surface area contributed by atoms with Gasteiger partial charge in [-0.1, -0.05) is 22.9 Å². The summed E-state index contributed by atoms with van der Waals surface area (Å²) in [5.74, 6) is -0.256. The number of hydrogen-bond acceptors (Lipinski definition) is 3. The Hall–Kier alpha value is -2.56. The first-order valence-electron chi connectivity index (χ1n) is 5.37. The van der Waals surface area contributed by atoms with E-state index in [2.05, 4.69) is 5.16 Å². The molecule has 0 atom stereocenters. The fourth-order valence-electron chi connectivity index (χ4n) is 1.42. The molecule has 1 heterocycles. The molecular weight excluding hydrogens is 232 g/mol. The topological polar surface area (TPSA) is 79.4 Å². The highest BCUT2D eigenvalue weighted by Gasteiger charge is 2.12. The minimum atomic E-state index is -0.629. The van der Waals surface area contributed by atoms with Gasteiger partial charge in [0.1, 0.15) is 0 Å². The van der Waals surface area contributed by atoms with Crippen molar-refractivity contribution < 1.29 is 19.2 Å². The van der Waals surface area contributed by atoms with Crippen molar-refractivity contribution >= 4 is 11.8 Å². The van der Waals surface area contributed by atoms with Crippen LogP contribution in [0.5, 0.6) is 0 Å². The quantitative estimate of drug-likeness (QED) is 0.349. The van der Waals surface area contributed by atoms with Crippen LogP contribution in [0.25, 0.3) is 0 Å². The molecule has 18 heavy (non-hydrogen) atoms. The number of nitrogens with two attached hydrogens (primary N) is 1. The maximum Gasteiger partial charge on any atom is 0.422 e. The number of nitrogens with one attached hydrogen (secondary N) is 1. The number of furan rings is 1. The van der Waals surface area contributed by atoms with Gasteiger partial charge < -0.3 is 4.42 Å². The lowest BCUT2D eigenvalue weighted by molar-refractivity contribution is -0.721. The number of rotatable bonds is 3. The first kappa shape index (κ1) is 11.9. The summed E-state index contributed by atoms with van der Waals surface area (Å²) in [5.41, 5.74) is 7.58. The summed E-state index contributed by atoms with van der Waals surface area (Å²) in [7, 11) is 0. The van der Waals surface area contributed by atoms with E-state index < -0.39 is 5.97 Å². The highest BCUT2D eigenvalue weighted by atomic mass is 16.7. The van der Waals surface area contributed by atoms with Crippen molar-refractivity contribution in [2.45, 2.75) is 6.92 Å². The Labute approximate surface area is 104 Å². The number of aryl methyl sites for hydroxylation is 1. The summed E-state index contributed by atoms with van der Waals surface area (Å²) in [4.78, 5) is 16.3. The summed E-state index contributed by atoms with van der Waals surface area (Å²) in [6.07, 6.45) is 1.39. The van der Waals surface area contributed by atoms with E-state index >= 15 is 0 Å². The Morgan fingerprint density at radius 1 is 1.33 bits per heavy atom. The number of nitrogen functional groups attached to an aromatic ring is 1. The third-order valence-electron chi connectivity index (χ3n) is 2.31. The smallest absolute Gasteiger partial charge is 0.422 e. The normalized spacial score (nSPS) is 11.3. The van der Waals surface area contributed by atoms with Crippen LogP contribution in [-0.4, -0.2) is 11.8 Å². The molecule has 0 aliphatic rings. The van der Waals surface area contributed by atoms with E-state index in [-0.39, 0.29) is 11.6 Å². The van der Waals surface area contributed by atoms with Gasteiger partial charge in [0.15, 0.2) is 0 Å². The van der Waals surface area contributed by atoms with Crippen LogP contribution in [0.2, 0.25) is 0 Å². The maximum atomic E-state index is 11.5. The van der Waals surface area contributed by atoms with Gasteiger partial charge in [0, 0.05) is 0 Å². The lowest BCUT2D eigenvalue weighted by Crippen LogP contribution is -2.75. The average molecular weight is 245 g/mol. The fourth-order valence-corrected chi connectivity index (χ4v) is 1.42. The van der Waals surface area contributed by atoms with Gasteiger partial charge in [0.25, 0.3) is 0 Å². The lowest BCUT2D eigenvalue weighted by Gasteiger charge is -1.97. The van der Waals surface area contributed by atoms with Gasteiger partial charge in [0.2, 0.25) is 5.76 Å². The molecule has 2 rings (SSSR count). The van der Waals surface area contributed by atoms with Gasteiger partial charge in [-0.05, 0) is 31.2 Å². The summed E-state index contributed by atoms with van der Waals surface area (Å²) < 4.78 is 4.89. The molecule has 0 unspecified atom stereocenters. The molecule has 5 heteroatoms. The molecule has 0 amide bonds. The average Bonchev–Trinajstić information content (AvgIpc) is 2.89. The maximum absolute atomic E-state index is 11.5. The second-order valence-electron chi connectivity index (χ2n) is 3.75. The predicted octanol–water partition coefficient (Wildman–Crippen LogP) is 0.146. The molecule has 0 radical (unpaired) electrons. The molecule has 0 saturated carbocycles. The minimum absolute atomic E-state index is 0.111. The van der Waals surface area contributed by atoms with E-state index in [0.717, 1.165) is 11.1 Å². The van der Waals surface area contributed by atoms with E-state index in [1.54, 1.807) is 6.07 Å². The zero-order valence-corrected chi connectivity index (χ0v) is 9.84. The predicted molar refractivity (Wildman–Crippen MR) is 64.6 cm³/mol. The van der Waals surface area contributed by atoms with Gasteiger partial charge in [-0.2, -0.15) is 0 Å². The van der Waals surface area contributed by atoms with Gasteiger partial charge in [-0.15, -0.1) is 0 Å². The first-order chi connectivity index (χ1) is 8.66. The molecule has 0 aliphatic heterocycles. The number of carbonyl (C=O) groups is 1. The number of amidine groups is 1. The monoisotopic (exact) mass is 245 g/mol. The third kappa shape index (κ3) is 2.76. The van der Waals surface area contributed by atoms with E-state index in [4.69, 9.17) is 15.0 Å². The number of carbonyl (C=O) groups excluding carboxylic acids is 1. The van der Waals surface area contributed by atoms with Crippen molar-refractivity contribution in [1.29, 1.82) is 0 Å². The SMILES string of the molecule is Cc1cccc(C(N)=[NH+]OC(=O)c2ccco2)c1. The Balaban J connectivity index is 2.08. The molecular formula is C13H13N2O3+. The van der Waals surface area contributed by atoms with Crippen molar-refractivity contribution in [2.24, 2.45) is 5.73 Å². The highest BCUT2D eigenvalue weighted by molar-refractivity contribution is 5.93. The van der Waals surface area contributed by atoms with Crippen LogP contribution in [-0.2, 0) is 4.84 Å². The van der Waals surface area contributed by atoms with Crippen LogP contribution < -0.4 is 10.9 Å². The van der Waals surface area contributed by atoms with E-state index in [1.165, 1.54) is 12.3 Å². The standard InChI is InChI=1S/C13H12N2O3/c1-9-4-2-5-10(8-9)12(14)15-18-13(16)11-6-3-7-17-11/h2-8H,1H3,(H2,14,15)/p+1. The van der Waals surface area contributed by atoms with Crippen LogP contribution in [0.1, 0.15) is 21.7 Å². The zero-order valence-electron chi connectivity index (χ0n) is 9.84. The highest BCUT2D eigenvalue weighted by Crippen LogP contribution is 2.01. The van der Waals surface area contributed by atoms with Crippen molar-refractivity contribution in [3.05, 3.63) is 59.5 Å². The van der Waals surface area contributed by atoms with E-state index in [0.29, 0.717) is 0 Å². The van der Waals surface area contributed by atoms with E-state index in [9.17, 15) is 4.79 Å². The van der Waals surface area contributed by atoms with Crippen LogP contribution in [0, 0.1) is 6.92 Å². The summed E-state index contributed by atoms with van der Waals surface area (Å²) in [6, 6.07) is 10.6. The molecule has 0 saturated heterocycles. The van der Waals surface area contributed by atoms with Crippen LogP contribution >= 0.6 is 0 Å². The summed E-state index contributed by atoms with van der Waals surface area (Å²) >= 11 is 0. The van der Waals surface area contributed by atoms with Crippen molar-refractivity contribution in [2.75, 3.05) is 0 Å². The number of benzene rings is 1. The van der Waals surface area contributed by atoms with Crippen molar-refractivity contribution in [3.8, 4) is 0 Å². The second kappa shape index (κ2) is 5.18. The van der Waals surface area contributed by atoms with E-state index in [1.807, 2.05) is 31.2 Å². The lowest BCUT2D eigenvalue weighted by atomic mass is 10.1. The van der Waals surface area contributed by atoms with Crippen LogP contribution in [0.4, 0.5) is 0 Å². The zero-order chi connectivity index (χ0) is 13.0. The van der Waals surface area contributed by atoms with Gasteiger partial charge in [0.05, 0.1) is 11.8 Å². The van der Waals surface area contributed by atoms with Crippen LogP contribution in [0.3, 0.4) is 0 Å². The summed E-state index contributed by atoms with van der Waals surface area (Å²) in [5, 5.41) is 2.40. The fraction of sp³-hybridized carbons (Fsp3) is 0.0769. The molecule has 0 bridgehead atoms. The first-order valence-corrected chi connectivity index (χ1v) is 5.37. The molecule has 1 aromatic carbocycles. The second-order valence-corrected chi connectivity index (χ2v) is 3.75. The molecule has 2 aromatic rings. The minimum Gasteiger partial charge on any atom is -0.457 e.